The van der Waals surface area contributed by atoms with E-state index in [-0.39, 0.29) is 6.03 Å². The summed E-state index contributed by atoms with van der Waals surface area (Å²) in [5, 5.41) is 11.8. The molecule has 0 aliphatic heterocycles. The number of aromatic nitrogens is 2. The van der Waals surface area contributed by atoms with Crippen molar-refractivity contribution in [1.29, 1.82) is 0 Å². The average molecular weight is 402 g/mol. The Kier molecular flexibility index (Phi) is 7.90. The quantitative estimate of drug-likeness (QED) is 0.718. The Morgan fingerprint density at radius 2 is 1.96 bits per heavy atom. The van der Waals surface area contributed by atoms with Gasteiger partial charge in [-0.2, -0.15) is 0 Å². The summed E-state index contributed by atoms with van der Waals surface area (Å²) in [7, 11) is 0. The van der Waals surface area contributed by atoms with Crippen molar-refractivity contribution in [2.45, 2.75) is 20.4 Å². The number of urea groups is 1. The van der Waals surface area contributed by atoms with Crippen LogP contribution in [-0.2, 0) is 6.54 Å². The molecule has 6 nitrogen and oxygen atoms in total. The van der Waals surface area contributed by atoms with Crippen molar-refractivity contribution in [1.82, 2.24) is 20.0 Å². The molecule has 0 radical (unpaired) electrons. The van der Waals surface area contributed by atoms with E-state index in [9.17, 15) is 4.79 Å². The third kappa shape index (κ3) is 6.11. The van der Waals surface area contributed by atoms with Gasteiger partial charge in [-0.25, -0.2) is 4.79 Å². The topological polar surface area (TPSA) is 61.4 Å². The van der Waals surface area contributed by atoms with Crippen LogP contribution in [0.5, 0.6) is 0 Å². The van der Waals surface area contributed by atoms with Crippen LogP contribution in [0.2, 0.25) is 10.0 Å². The molecule has 1 aromatic carbocycles. The number of hydrogen-bond donors (Lipinski definition) is 1. The second kappa shape index (κ2) is 9.91. The van der Waals surface area contributed by atoms with Crippen LogP contribution in [0.4, 0.5) is 9.93 Å². The third-order valence-electron chi connectivity index (χ3n) is 3.80. The van der Waals surface area contributed by atoms with Crippen molar-refractivity contribution < 1.29 is 4.79 Å². The second-order valence-corrected chi connectivity index (χ2v) is 7.02. The average Bonchev–Trinajstić information content (AvgIpc) is 3.10. The number of nitrogens with zero attached hydrogens (tertiary/aromatic N) is 4. The molecule has 0 aliphatic carbocycles. The lowest BCUT2D eigenvalue weighted by Gasteiger charge is -2.26. The van der Waals surface area contributed by atoms with Gasteiger partial charge >= 0.3 is 6.03 Å². The molecule has 25 heavy (non-hydrogen) atoms. The fourth-order valence-electron chi connectivity index (χ4n) is 2.31. The molecule has 0 bridgehead atoms. The van der Waals surface area contributed by atoms with Crippen molar-refractivity contribution in [3.63, 3.8) is 0 Å². The maximum atomic E-state index is 12.6. The minimum Gasteiger partial charge on any atom is -0.319 e. The van der Waals surface area contributed by atoms with Crippen LogP contribution in [0.15, 0.2) is 23.7 Å². The third-order valence-corrected chi connectivity index (χ3v) is 5.14. The molecule has 0 fully saturated rings. The van der Waals surface area contributed by atoms with Crippen molar-refractivity contribution in [3.05, 3.63) is 39.3 Å². The predicted octanol–water partition coefficient (Wildman–Crippen LogP) is 4.22. The summed E-state index contributed by atoms with van der Waals surface area (Å²) in [4.78, 5) is 16.6. The molecule has 0 spiro atoms. The van der Waals surface area contributed by atoms with Crippen LogP contribution in [0, 0.1) is 0 Å². The molecular formula is C16H21Cl2N5OS. The summed E-state index contributed by atoms with van der Waals surface area (Å²) >= 11 is 13.3. The lowest BCUT2D eigenvalue weighted by atomic mass is 10.2. The van der Waals surface area contributed by atoms with Crippen LogP contribution in [0.1, 0.15) is 19.4 Å². The largest absolute Gasteiger partial charge is 0.324 e. The zero-order valence-electron chi connectivity index (χ0n) is 14.2. The summed E-state index contributed by atoms with van der Waals surface area (Å²) in [6, 6.07) is 5.18. The minimum atomic E-state index is -0.213. The van der Waals surface area contributed by atoms with Gasteiger partial charge < -0.3 is 9.80 Å². The van der Waals surface area contributed by atoms with Crippen LogP contribution in [-0.4, -0.2) is 52.2 Å². The van der Waals surface area contributed by atoms with Crippen LogP contribution < -0.4 is 5.32 Å². The van der Waals surface area contributed by atoms with Crippen molar-refractivity contribution in [2.24, 2.45) is 0 Å². The predicted molar refractivity (Wildman–Crippen MR) is 104 cm³/mol. The number of carbonyl (C=O) groups excluding carboxylic acids is 1. The fourth-order valence-corrected chi connectivity index (χ4v) is 3.07. The monoisotopic (exact) mass is 401 g/mol. The molecule has 9 heteroatoms. The normalized spacial score (nSPS) is 10.9. The summed E-state index contributed by atoms with van der Waals surface area (Å²) in [5.41, 5.74) is 2.50. The van der Waals surface area contributed by atoms with E-state index in [2.05, 4.69) is 34.3 Å². The molecule has 1 heterocycles. The summed E-state index contributed by atoms with van der Waals surface area (Å²) in [5.74, 6) is 0. The summed E-state index contributed by atoms with van der Waals surface area (Å²) in [6.07, 6.45) is 0. The second-order valence-electron chi connectivity index (χ2n) is 5.37. The van der Waals surface area contributed by atoms with Crippen LogP contribution in [0.3, 0.4) is 0 Å². The van der Waals surface area contributed by atoms with Crippen molar-refractivity contribution in [3.8, 4) is 0 Å². The van der Waals surface area contributed by atoms with Crippen LogP contribution >= 0.6 is 34.5 Å². The lowest BCUT2D eigenvalue weighted by molar-refractivity contribution is 0.194. The molecule has 1 aromatic heterocycles. The smallest absolute Gasteiger partial charge is 0.319 e. The van der Waals surface area contributed by atoms with E-state index in [1.807, 2.05) is 6.07 Å². The Bertz CT molecular complexity index is 679. The number of likely N-dealkylation sites (N-methyl/N-ethyl adjacent to an activating group) is 1. The molecule has 0 saturated heterocycles. The van der Waals surface area contributed by atoms with E-state index in [1.54, 1.807) is 22.5 Å². The van der Waals surface area contributed by atoms with E-state index in [1.165, 1.54) is 11.3 Å². The zero-order chi connectivity index (χ0) is 18.2. The highest BCUT2D eigenvalue weighted by Gasteiger charge is 2.17. The molecule has 136 valence electrons. The standard InChI is InChI=1S/C16H21Cl2N5OS/c1-3-22(4-2)7-8-23(16(24)20-15-21-19-11-25-15)10-12-5-6-13(17)14(18)9-12/h5-6,9,11H,3-4,7-8,10H2,1-2H3,(H,20,21,24). The van der Waals surface area contributed by atoms with Gasteiger partial charge in [-0.1, -0.05) is 54.5 Å². The highest BCUT2D eigenvalue weighted by molar-refractivity contribution is 7.13. The highest BCUT2D eigenvalue weighted by atomic mass is 35.5. The Labute approximate surface area is 161 Å². The van der Waals surface area contributed by atoms with Crippen molar-refractivity contribution >= 4 is 45.7 Å². The van der Waals surface area contributed by atoms with E-state index < -0.39 is 0 Å². The first-order valence-electron chi connectivity index (χ1n) is 8.01. The number of nitrogens with one attached hydrogen (secondary N) is 1. The lowest BCUT2D eigenvalue weighted by Crippen LogP contribution is -2.40. The van der Waals surface area contributed by atoms with E-state index >= 15 is 0 Å². The Balaban J connectivity index is 2.09. The number of rotatable bonds is 8. The Morgan fingerprint density at radius 1 is 1.20 bits per heavy atom. The first-order valence-corrected chi connectivity index (χ1v) is 9.65. The number of hydrogen-bond acceptors (Lipinski definition) is 5. The zero-order valence-corrected chi connectivity index (χ0v) is 16.5. The van der Waals surface area contributed by atoms with Gasteiger partial charge in [0.25, 0.3) is 0 Å². The molecule has 0 saturated carbocycles. The molecular weight excluding hydrogens is 381 g/mol. The minimum absolute atomic E-state index is 0.213. The van der Waals surface area contributed by atoms with E-state index in [4.69, 9.17) is 23.2 Å². The van der Waals surface area contributed by atoms with Gasteiger partial charge in [0.2, 0.25) is 5.13 Å². The fraction of sp³-hybridized carbons (Fsp3) is 0.438. The summed E-state index contributed by atoms with van der Waals surface area (Å²) < 4.78 is 0. The van der Waals surface area contributed by atoms with Gasteiger partial charge in [0.1, 0.15) is 5.51 Å². The number of carbonyl (C=O) groups is 1. The van der Waals surface area contributed by atoms with Gasteiger partial charge in [0.05, 0.1) is 10.0 Å². The van der Waals surface area contributed by atoms with Gasteiger partial charge in [-0.15, -0.1) is 10.2 Å². The van der Waals surface area contributed by atoms with Gasteiger partial charge in [0.15, 0.2) is 0 Å². The number of amides is 2. The van der Waals surface area contributed by atoms with E-state index in [0.29, 0.717) is 28.3 Å². The van der Waals surface area contributed by atoms with Gasteiger partial charge in [0, 0.05) is 19.6 Å². The van der Waals surface area contributed by atoms with Crippen molar-refractivity contribution in [2.75, 3.05) is 31.5 Å². The maximum absolute atomic E-state index is 12.6. The van der Waals surface area contributed by atoms with E-state index in [0.717, 1.165) is 25.2 Å². The molecule has 2 aromatic rings. The highest BCUT2D eigenvalue weighted by Crippen LogP contribution is 2.23. The molecule has 2 rings (SSSR count). The molecule has 0 aliphatic rings. The van der Waals surface area contributed by atoms with Gasteiger partial charge in [-0.05, 0) is 30.8 Å². The first kappa shape index (κ1) is 19.9. The first-order chi connectivity index (χ1) is 12.0. The number of halogens is 2. The Hall–Kier alpha value is -1.41. The van der Waals surface area contributed by atoms with Crippen LogP contribution in [0.25, 0.3) is 0 Å². The maximum Gasteiger partial charge on any atom is 0.324 e. The summed E-state index contributed by atoms with van der Waals surface area (Å²) in [6.45, 7) is 7.90. The molecule has 0 unspecified atom stereocenters. The number of benzene rings is 1. The number of anilines is 1. The SMILES string of the molecule is CCN(CC)CCN(Cc1ccc(Cl)c(Cl)c1)C(=O)Nc1nncs1. The van der Waals surface area contributed by atoms with Gasteiger partial charge in [-0.3, -0.25) is 5.32 Å². The molecule has 1 N–H and O–H groups in total. The molecule has 0 atom stereocenters. The molecule has 2 amide bonds. The Morgan fingerprint density at radius 3 is 2.56 bits per heavy atom.